The molecule has 0 saturated carbocycles. The molecule has 0 aliphatic rings. The van der Waals surface area contributed by atoms with E-state index in [2.05, 4.69) is 0 Å². The summed E-state index contributed by atoms with van der Waals surface area (Å²) in [6.07, 6.45) is 1.92. The van der Waals surface area contributed by atoms with Gasteiger partial charge in [-0.2, -0.15) is 5.26 Å². The SMILES string of the molecule is N#Cc1coc2cccc(OCCc3ccccc3)c2c1=O. The lowest BCUT2D eigenvalue weighted by atomic mass is 10.1. The minimum absolute atomic E-state index is 0.0217. The zero-order chi connectivity index (χ0) is 15.4. The molecule has 0 amide bonds. The average Bonchev–Trinajstić information content (AvgIpc) is 2.56. The zero-order valence-corrected chi connectivity index (χ0v) is 11.8. The van der Waals surface area contributed by atoms with Crippen LogP contribution in [0, 0.1) is 11.3 Å². The lowest BCUT2D eigenvalue weighted by Gasteiger charge is -2.08. The van der Waals surface area contributed by atoms with E-state index in [0.29, 0.717) is 23.3 Å². The molecular formula is C18H13NO3. The molecule has 4 heteroatoms. The van der Waals surface area contributed by atoms with Crippen molar-refractivity contribution in [2.45, 2.75) is 6.42 Å². The fourth-order valence-corrected chi connectivity index (χ4v) is 2.26. The third-order valence-corrected chi connectivity index (χ3v) is 3.38. The highest BCUT2D eigenvalue weighted by Crippen LogP contribution is 2.23. The summed E-state index contributed by atoms with van der Waals surface area (Å²) in [7, 11) is 0. The topological polar surface area (TPSA) is 63.2 Å². The van der Waals surface area contributed by atoms with E-state index < -0.39 is 0 Å². The van der Waals surface area contributed by atoms with Crippen LogP contribution in [0.15, 0.2) is 64.0 Å². The number of hydrogen-bond donors (Lipinski definition) is 0. The van der Waals surface area contributed by atoms with Gasteiger partial charge >= 0.3 is 0 Å². The van der Waals surface area contributed by atoms with E-state index in [1.54, 1.807) is 18.2 Å². The van der Waals surface area contributed by atoms with Gasteiger partial charge in [0.2, 0.25) is 5.43 Å². The highest BCUT2D eigenvalue weighted by molar-refractivity contribution is 5.84. The van der Waals surface area contributed by atoms with Crippen molar-refractivity contribution in [3.63, 3.8) is 0 Å². The second kappa shape index (κ2) is 6.15. The molecule has 108 valence electrons. The standard InChI is InChI=1S/C18H13NO3/c19-11-14-12-22-16-8-4-7-15(17(16)18(14)20)21-10-9-13-5-2-1-3-6-13/h1-8,12H,9-10H2. The van der Waals surface area contributed by atoms with Crippen LogP contribution in [-0.4, -0.2) is 6.61 Å². The number of ether oxygens (including phenoxy) is 1. The monoisotopic (exact) mass is 291 g/mol. The molecule has 3 rings (SSSR count). The van der Waals surface area contributed by atoms with Crippen molar-refractivity contribution in [3.05, 3.63) is 76.1 Å². The molecule has 0 unspecified atom stereocenters. The van der Waals surface area contributed by atoms with Crippen LogP contribution in [0.4, 0.5) is 0 Å². The van der Waals surface area contributed by atoms with Gasteiger partial charge < -0.3 is 9.15 Å². The van der Waals surface area contributed by atoms with E-state index in [9.17, 15) is 4.79 Å². The summed E-state index contributed by atoms with van der Waals surface area (Å²) in [6.45, 7) is 0.444. The first kappa shape index (κ1) is 13.9. The van der Waals surface area contributed by atoms with Gasteiger partial charge in [-0.15, -0.1) is 0 Å². The van der Waals surface area contributed by atoms with Crippen molar-refractivity contribution in [2.24, 2.45) is 0 Å². The number of nitrogens with zero attached hydrogens (tertiary/aromatic N) is 1. The number of rotatable bonds is 4. The number of hydrogen-bond acceptors (Lipinski definition) is 4. The summed E-state index contributed by atoms with van der Waals surface area (Å²) < 4.78 is 11.1. The third-order valence-electron chi connectivity index (χ3n) is 3.38. The first-order valence-corrected chi connectivity index (χ1v) is 6.91. The van der Waals surface area contributed by atoms with Crippen LogP contribution in [0.5, 0.6) is 5.75 Å². The zero-order valence-electron chi connectivity index (χ0n) is 11.8. The molecule has 0 radical (unpaired) electrons. The van der Waals surface area contributed by atoms with Crippen molar-refractivity contribution in [2.75, 3.05) is 6.61 Å². The second-order valence-electron chi connectivity index (χ2n) is 4.80. The minimum Gasteiger partial charge on any atom is -0.492 e. The van der Waals surface area contributed by atoms with E-state index in [0.717, 1.165) is 12.0 Å². The highest BCUT2D eigenvalue weighted by atomic mass is 16.5. The summed E-state index contributed by atoms with van der Waals surface area (Å²) in [5.74, 6) is 0.444. The lowest BCUT2D eigenvalue weighted by molar-refractivity contribution is 0.325. The summed E-state index contributed by atoms with van der Waals surface area (Å²) >= 11 is 0. The molecule has 0 spiro atoms. The van der Waals surface area contributed by atoms with E-state index in [4.69, 9.17) is 14.4 Å². The Hall–Kier alpha value is -3.06. The maximum absolute atomic E-state index is 12.3. The summed E-state index contributed by atoms with van der Waals surface area (Å²) in [5, 5.41) is 9.26. The fraction of sp³-hybridized carbons (Fsp3) is 0.111. The van der Waals surface area contributed by atoms with Gasteiger partial charge in [0.25, 0.3) is 0 Å². The quantitative estimate of drug-likeness (QED) is 0.740. The lowest BCUT2D eigenvalue weighted by Crippen LogP contribution is -2.09. The van der Waals surface area contributed by atoms with Gasteiger partial charge in [-0.05, 0) is 17.7 Å². The van der Waals surface area contributed by atoms with Crippen molar-refractivity contribution < 1.29 is 9.15 Å². The van der Waals surface area contributed by atoms with Gasteiger partial charge in [0.15, 0.2) is 0 Å². The van der Waals surface area contributed by atoms with Gasteiger partial charge in [0.05, 0.1) is 6.61 Å². The van der Waals surface area contributed by atoms with E-state index in [-0.39, 0.29) is 11.0 Å². The summed E-state index contributed by atoms with van der Waals surface area (Å²) in [5.41, 5.74) is 1.19. The predicted octanol–water partition coefficient (Wildman–Crippen LogP) is 3.29. The molecule has 0 atom stereocenters. The molecule has 0 aliphatic carbocycles. The maximum atomic E-state index is 12.3. The van der Waals surface area contributed by atoms with Crippen molar-refractivity contribution in [1.29, 1.82) is 5.26 Å². The predicted molar refractivity (Wildman–Crippen MR) is 82.8 cm³/mol. The third kappa shape index (κ3) is 2.70. The summed E-state index contributed by atoms with van der Waals surface area (Å²) in [6, 6.07) is 16.9. The first-order chi connectivity index (χ1) is 10.8. The molecule has 1 heterocycles. The second-order valence-corrected chi connectivity index (χ2v) is 4.80. The van der Waals surface area contributed by atoms with Gasteiger partial charge in [0, 0.05) is 6.42 Å². The Kier molecular flexibility index (Phi) is 3.88. The van der Waals surface area contributed by atoms with Gasteiger partial charge in [-0.25, -0.2) is 0 Å². The van der Waals surface area contributed by atoms with Gasteiger partial charge in [-0.3, -0.25) is 4.79 Å². The fourth-order valence-electron chi connectivity index (χ4n) is 2.26. The van der Waals surface area contributed by atoms with Crippen LogP contribution in [0.1, 0.15) is 11.1 Å². The largest absolute Gasteiger partial charge is 0.492 e. The maximum Gasteiger partial charge on any atom is 0.214 e. The Bertz CT molecular complexity index is 892. The van der Waals surface area contributed by atoms with Crippen molar-refractivity contribution >= 4 is 11.0 Å². The number of nitriles is 1. The highest BCUT2D eigenvalue weighted by Gasteiger charge is 2.11. The minimum atomic E-state index is -0.362. The molecule has 2 aromatic carbocycles. The number of benzene rings is 2. The normalized spacial score (nSPS) is 10.3. The molecule has 22 heavy (non-hydrogen) atoms. The number of fused-ring (bicyclic) bond motifs is 1. The molecular weight excluding hydrogens is 278 g/mol. The molecule has 0 bridgehead atoms. The smallest absolute Gasteiger partial charge is 0.214 e. The average molecular weight is 291 g/mol. The summed E-state index contributed by atoms with van der Waals surface area (Å²) in [4.78, 5) is 12.3. The van der Waals surface area contributed by atoms with E-state index in [1.165, 1.54) is 6.26 Å². The van der Waals surface area contributed by atoms with Crippen LogP contribution in [0.3, 0.4) is 0 Å². The Morgan fingerprint density at radius 3 is 2.68 bits per heavy atom. The van der Waals surface area contributed by atoms with Crippen LogP contribution < -0.4 is 10.2 Å². The Labute approximate surface area is 127 Å². The van der Waals surface area contributed by atoms with E-state index in [1.807, 2.05) is 36.4 Å². The molecule has 1 aromatic heterocycles. The van der Waals surface area contributed by atoms with Crippen molar-refractivity contribution in [3.8, 4) is 11.8 Å². The molecule has 4 nitrogen and oxygen atoms in total. The van der Waals surface area contributed by atoms with Crippen LogP contribution >= 0.6 is 0 Å². The van der Waals surface area contributed by atoms with E-state index >= 15 is 0 Å². The van der Waals surface area contributed by atoms with Crippen molar-refractivity contribution in [1.82, 2.24) is 0 Å². The molecule has 0 N–H and O–H groups in total. The first-order valence-electron chi connectivity index (χ1n) is 6.91. The van der Waals surface area contributed by atoms with Gasteiger partial charge in [0.1, 0.15) is 34.6 Å². The Morgan fingerprint density at radius 2 is 1.91 bits per heavy atom. The van der Waals surface area contributed by atoms with Crippen LogP contribution in [0.2, 0.25) is 0 Å². The van der Waals surface area contributed by atoms with Crippen LogP contribution in [0.25, 0.3) is 11.0 Å². The Morgan fingerprint density at radius 1 is 1.09 bits per heavy atom. The van der Waals surface area contributed by atoms with Crippen LogP contribution in [-0.2, 0) is 6.42 Å². The molecule has 0 aliphatic heterocycles. The van der Waals surface area contributed by atoms with Gasteiger partial charge in [-0.1, -0.05) is 36.4 Å². The molecule has 0 fully saturated rings. The Balaban J connectivity index is 1.88. The molecule has 3 aromatic rings. The molecule has 0 saturated heterocycles.